The highest BCUT2D eigenvalue weighted by molar-refractivity contribution is 9.10. The Balaban J connectivity index is 2.48. The number of benzene rings is 1. The summed E-state index contributed by atoms with van der Waals surface area (Å²) in [6.07, 6.45) is 1.91. The third-order valence-corrected chi connectivity index (χ3v) is 3.90. The van der Waals surface area contributed by atoms with Crippen LogP contribution in [0, 0.1) is 12.7 Å². The van der Waals surface area contributed by atoms with E-state index in [-0.39, 0.29) is 5.82 Å². The number of aryl methyl sites for hydroxylation is 1. The van der Waals surface area contributed by atoms with Crippen LogP contribution in [0.2, 0.25) is 0 Å². The summed E-state index contributed by atoms with van der Waals surface area (Å²) in [5, 5.41) is 3.35. The van der Waals surface area contributed by atoms with Gasteiger partial charge in [-0.15, -0.1) is 0 Å². The smallest absolute Gasteiger partial charge is 0.161 e. The van der Waals surface area contributed by atoms with Crippen molar-refractivity contribution in [3.8, 4) is 11.4 Å². The number of rotatable bonds is 5. The molecule has 0 spiro atoms. The lowest BCUT2D eigenvalue weighted by Crippen LogP contribution is -2.09. The number of aromatic nitrogens is 2. The molecular weight excluding hydrogens is 333 g/mol. The molecule has 0 atom stereocenters. The number of hydrogen-bond acceptors (Lipinski definition) is 3. The van der Waals surface area contributed by atoms with Gasteiger partial charge in [0.05, 0.1) is 4.47 Å². The Morgan fingerprint density at radius 2 is 2.00 bits per heavy atom. The first-order valence-electron chi connectivity index (χ1n) is 7.13. The Kier molecular flexibility index (Phi) is 5.28. The summed E-state index contributed by atoms with van der Waals surface area (Å²) in [5.74, 6) is 1.20. The molecule has 1 heterocycles. The highest BCUT2D eigenvalue weighted by Crippen LogP contribution is 2.26. The highest BCUT2D eigenvalue weighted by atomic mass is 79.9. The van der Waals surface area contributed by atoms with Gasteiger partial charge in [-0.05, 0) is 53.9 Å². The first-order chi connectivity index (χ1) is 10.1. The molecule has 1 aromatic carbocycles. The van der Waals surface area contributed by atoms with E-state index in [0.717, 1.165) is 42.0 Å². The van der Waals surface area contributed by atoms with E-state index >= 15 is 0 Å². The Bertz CT molecular complexity index is 644. The van der Waals surface area contributed by atoms with E-state index in [1.54, 1.807) is 12.1 Å². The van der Waals surface area contributed by atoms with Gasteiger partial charge < -0.3 is 5.32 Å². The maximum atomic E-state index is 13.4. The maximum Gasteiger partial charge on any atom is 0.161 e. The molecule has 2 aromatic rings. The average molecular weight is 352 g/mol. The minimum atomic E-state index is -0.287. The van der Waals surface area contributed by atoms with Crippen LogP contribution in [0.25, 0.3) is 11.4 Å². The summed E-state index contributed by atoms with van der Waals surface area (Å²) in [4.78, 5) is 9.18. The SMILES string of the molecule is CCCNc1nc(-c2ccc(F)c(Br)c2)nc(C)c1CC. The molecule has 1 aromatic heterocycles. The zero-order valence-electron chi connectivity index (χ0n) is 12.5. The summed E-state index contributed by atoms with van der Waals surface area (Å²) in [5.41, 5.74) is 2.89. The van der Waals surface area contributed by atoms with E-state index in [1.807, 2.05) is 6.92 Å². The third kappa shape index (κ3) is 3.59. The van der Waals surface area contributed by atoms with Crippen molar-refractivity contribution >= 4 is 21.7 Å². The third-order valence-electron chi connectivity index (χ3n) is 3.29. The Morgan fingerprint density at radius 1 is 1.24 bits per heavy atom. The molecule has 2 rings (SSSR count). The lowest BCUT2D eigenvalue weighted by atomic mass is 10.1. The van der Waals surface area contributed by atoms with Crippen LogP contribution >= 0.6 is 15.9 Å². The van der Waals surface area contributed by atoms with Gasteiger partial charge in [0.25, 0.3) is 0 Å². The molecule has 0 bridgehead atoms. The van der Waals surface area contributed by atoms with Gasteiger partial charge in [0.15, 0.2) is 5.82 Å². The molecule has 1 N–H and O–H groups in total. The van der Waals surface area contributed by atoms with Gasteiger partial charge in [-0.2, -0.15) is 0 Å². The fourth-order valence-electron chi connectivity index (χ4n) is 2.17. The molecule has 112 valence electrons. The van der Waals surface area contributed by atoms with Gasteiger partial charge in [-0.3, -0.25) is 0 Å². The van der Waals surface area contributed by atoms with Gasteiger partial charge >= 0.3 is 0 Å². The fourth-order valence-corrected chi connectivity index (χ4v) is 2.55. The van der Waals surface area contributed by atoms with Crippen LogP contribution in [0.5, 0.6) is 0 Å². The van der Waals surface area contributed by atoms with E-state index < -0.39 is 0 Å². The van der Waals surface area contributed by atoms with Gasteiger partial charge in [-0.25, -0.2) is 14.4 Å². The Hall–Kier alpha value is -1.49. The van der Waals surface area contributed by atoms with Crippen LogP contribution in [0.4, 0.5) is 10.2 Å². The molecule has 5 heteroatoms. The first kappa shape index (κ1) is 15.9. The molecule has 0 fully saturated rings. The molecule has 0 aliphatic carbocycles. The molecule has 0 amide bonds. The molecule has 0 radical (unpaired) electrons. The lowest BCUT2D eigenvalue weighted by molar-refractivity contribution is 0.621. The van der Waals surface area contributed by atoms with Crippen LogP contribution in [0.3, 0.4) is 0 Å². The molecule has 0 aliphatic rings. The molecule has 0 saturated heterocycles. The summed E-state index contributed by atoms with van der Waals surface area (Å²) in [7, 11) is 0. The van der Waals surface area contributed by atoms with Crippen LogP contribution in [0.15, 0.2) is 22.7 Å². The molecule has 0 saturated carbocycles. The number of anilines is 1. The average Bonchev–Trinajstić information content (AvgIpc) is 2.47. The van der Waals surface area contributed by atoms with E-state index in [2.05, 4.69) is 45.1 Å². The van der Waals surface area contributed by atoms with Crippen molar-refractivity contribution in [1.82, 2.24) is 9.97 Å². The van der Waals surface area contributed by atoms with Crippen molar-refractivity contribution in [2.75, 3.05) is 11.9 Å². The van der Waals surface area contributed by atoms with Crippen molar-refractivity contribution in [3.63, 3.8) is 0 Å². The second-order valence-corrected chi connectivity index (χ2v) is 5.72. The molecule has 0 aliphatic heterocycles. The molecule has 0 unspecified atom stereocenters. The quantitative estimate of drug-likeness (QED) is 0.845. The maximum absolute atomic E-state index is 13.4. The predicted octanol–water partition coefficient (Wildman–Crippen LogP) is 4.74. The highest BCUT2D eigenvalue weighted by Gasteiger charge is 2.12. The van der Waals surface area contributed by atoms with E-state index in [1.165, 1.54) is 6.07 Å². The predicted molar refractivity (Wildman–Crippen MR) is 88.0 cm³/mol. The second-order valence-electron chi connectivity index (χ2n) is 4.87. The Morgan fingerprint density at radius 3 is 2.62 bits per heavy atom. The lowest BCUT2D eigenvalue weighted by Gasteiger charge is -2.13. The fraction of sp³-hybridized carbons (Fsp3) is 0.375. The zero-order valence-corrected chi connectivity index (χ0v) is 14.1. The van der Waals surface area contributed by atoms with Gasteiger partial charge in [0, 0.05) is 23.4 Å². The minimum Gasteiger partial charge on any atom is -0.370 e. The summed E-state index contributed by atoms with van der Waals surface area (Å²) >= 11 is 3.20. The number of nitrogens with zero attached hydrogens (tertiary/aromatic N) is 2. The standard InChI is InChI=1S/C16H19BrFN3/c1-4-8-19-16-12(5-2)10(3)20-15(21-16)11-6-7-14(18)13(17)9-11/h6-7,9H,4-5,8H2,1-3H3,(H,19,20,21). The van der Waals surface area contributed by atoms with Crippen molar-refractivity contribution in [1.29, 1.82) is 0 Å². The number of halogens is 2. The van der Waals surface area contributed by atoms with Crippen molar-refractivity contribution in [2.45, 2.75) is 33.6 Å². The number of hydrogen-bond donors (Lipinski definition) is 1. The van der Waals surface area contributed by atoms with Gasteiger partial charge in [0.1, 0.15) is 11.6 Å². The first-order valence-corrected chi connectivity index (χ1v) is 7.92. The normalized spacial score (nSPS) is 10.7. The summed E-state index contributed by atoms with van der Waals surface area (Å²) in [6.45, 7) is 7.07. The molecule has 3 nitrogen and oxygen atoms in total. The van der Waals surface area contributed by atoms with Crippen LogP contribution in [-0.4, -0.2) is 16.5 Å². The van der Waals surface area contributed by atoms with E-state index in [0.29, 0.717) is 10.3 Å². The van der Waals surface area contributed by atoms with E-state index in [9.17, 15) is 4.39 Å². The minimum absolute atomic E-state index is 0.287. The van der Waals surface area contributed by atoms with Crippen LogP contribution in [-0.2, 0) is 6.42 Å². The van der Waals surface area contributed by atoms with Crippen LogP contribution in [0.1, 0.15) is 31.5 Å². The second kappa shape index (κ2) is 6.98. The zero-order chi connectivity index (χ0) is 15.4. The van der Waals surface area contributed by atoms with Gasteiger partial charge in [-0.1, -0.05) is 13.8 Å². The van der Waals surface area contributed by atoms with Crippen molar-refractivity contribution in [3.05, 3.63) is 39.7 Å². The van der Waals surface area contributed by atoms with Crippen molar-refractivity contribution in [2.24, 2.45) is 0 Å². The van der Waals surface area contributed by atoms with Crippen LogP contribution < -0.4 is 5.32 Å². The summed E-state index contributed by atoms with van der Waals surface area (Å²) in [6, 6.07) is 4.83. The largest absolute Gasteiger partial charge is 0.370 e. The Labute approximate surface area is 133 Å². The molecule has 21 heavy (non-hydrogen) atoms. The monoisotopic (exact) mass is 351 g/mol. The topological polar surface area (TPSA) is 37.8 Å². The van der Waals surface area contributed by atoms with E-state index in [4.69, 9.17) is 0 Å². The van der Waals surface area contributed by atoms with Crippen molar-refractivity contribution < 1.29 is 4.39 Å². The van der Waals surface area contributed by atoms with Gasteiger partial charge in [0.2, 0.25) is 0 Å². The number of nitrogens with one attached hydrogen (secondary N) is 1. The molecular formula is C16H19BrFN3. The summed E-state index contributed by atoms with van der Waals surface area (Å²) < 4.78 is 13.8.